The van der Waals surface area contributed by atoms with E-state index in [-0.39, 0.29) is 18.1 Å². The lowest BCUT2D eigenvalue weighted by molar-refractivity contribution is 0.116. The van der Waals surface area contributed by atoms with Crippen molar-refractivity contribution in [1.82, 2.24) is 15.2 Å². The normalized spacial score (nSPS) is 10.4. The fraction of sp³-hybridized carbons (Fsp3) is 0.222. The molecular weight excluding hydrogens is 246 g/mol. The van der Waals surface area contributed by atoms with Crippen molar-refractivity contribution in [3.8, 4) is 11.6 Å². The summed E-state index contributed by atoms with van der Waals surface area (Å²) >= 11 is 0. The van der Waals surface area contributed by atoms with E-state index >= 15 is 0 Å². The minimum Gasteiger partial charge on any atom is -0.414 e. The Hall–Kier alpha value is -2.54. The van der Waals surface area contributed by atoms with Gasteiger partial charge in [-0.1, -0.05) is 5.11 Å². The Morgan fingerprint density at radius 3 is 2.94 bits per heavy atom. The lowest BCUT2D eigenvalue weighted by Crippen LogP contribution is -1.87. The highest BCUT2D eigenvalue weighted by Gasteiger charge is 2.17. The predicted octanol–water partition coefficient (Wildman–Crippen LogP) is 2.88. The lowest BCUT2D eigenvalue weighted by Gasteiger charge is -1.97. The molecule has 2 heterocycles. The van der Waals surface area contributed by atoms with Crippen molar-refractivity contribution in [2.75, 3.05) is 0 Å². The average Bonchev–Trinajstić information content (AvgIpc) is 2.86. The zero-order valence-corrected chi connectivity index (χ0v) is 8.86. The van der Waals surface area contributed by atoms with Gasteiger partial charge < -0.3 is 4.42 Å². The van der Waals surface area contributed by atoms with Crippen molar-refractivity contribution in [3.05, 3.63) is 40.2 Å². The summed E-state index contributed by atoms with van der Waals surface area (Å²) in [6.07, 6.45) is -1.39. The van der Waals surface area contributed by atoms with Crippen molar-refractivity contribution in [2.24, 2.45) is 5.11 Å². The highest BCUT2D eigenvalue weighted by Crippen LogP contribution is 2.22. The minimum absolute atomic E-state index is 0.104. The molecule has 18 heavy (non-hydrogen) atoms. The topological polar surface area (TPSA) is 101 Å². The van der Waals surface area contributed by atoms with Gasteiger partial charge in [0.2, 0.25) is 0 Å². The molecular formula is C9H6F2N6O. The summed E-state index contributed by atoms with van der Waals surface area (Å²) in [6, 6.07) is 3.15. The molecule has 2 rings (SSSR count). The van der Waals surface area contributed by atoms with Crippen LogP contribution in [0.25, 0.3) is 22.0 Å². The molecule has 0 radical (unpaired) electrons. The Bertz CT molecular complexity index is 592. The van der Waals surface area contributed by atoms with Gasteiger partial charge in [-0.05, 0) is 23.2 Å². The smallest absolute Gasteiger partial charge is 0.314 e. The molecule has 0 N–H and O–H groups in total. The SMILES string of the molecule is [N-]=[N+]=NCc1ccnc(-c2nnc(C(F)F)o2)c1. The quantitative estimate of drug-likeness (QED) is 0.474. The first-order valence-corrected chi connectivity index (χ1v) is 4.78. The van der Waals surface area contributed by atoms with Crippen molar-refractivity contribution in [1.29, 1.82) is 0 Å². The molecule has 0 unspecified atom stereocenters. The fourth-order valence-corrected chi connectivity index (χ4v) is 1.23. The first kappa shape index (κ1) is 11.9. The summed E-state index contributed by atoms with van der Waals surface area (Å²) in [6.45, 7) is 0.127. The van der Waals surface area contributed by atoms with E-state index in [4.69, 9.17) is 9.95 Å². The molecule has 2 aromatic rings. The molecule has 0 saturated heterocycles. The van der Waals surface area contributed by atoms with Crippen LogP contribution in [0.15, 0.2) is 27.9 Å². The summed E-state index contributed by atoms with van der Waals surface area (Å²) < 4.78 is 29.3. The van der Waals surface area contributed by atoms with Gasteiger partial charge in [-0.3, -0.25) is 4.98 Å². The Balaban J connectivity index is 2.29. The maximum absolute atomic E-state index is 12.3. The van der Waals surface area contributed by atoms with E-state index in [0.717, 1.165) is 0 Å². The van der Waals surface area contributed by atoms with E-state index in [9.17, 15) is 8.78 Å². The van der Waals surface area contributed by atoms with Crippen LogP contribution in [0.2, 0.25) is 0 Å². The molecule has 7 nitrogen and oxygen atoms in total. The second-order valence-corrected chi connectivity index (χ2v) is 3.18. The summed E-state index contributed by atoms with van der Waals surface area (Å²) in [5.41, 5.74) is 9.11. The zero-order chi connectivity index (χ0) is 13.0. The number of halogens is 2. The summed E-state index contributed by atoms with van der Waals surface area (Å²) in [7, 11) is 0. The largest absolute Gasteiger partial charge is 0.414 e. The second-order valence-electron chi connectivity index (χ2n) is 3.18. The monoisotopic (exact) mass is 252 g/mol. The number of azide groups is 1. The van der Waals surface area contributed by atoms with E-state index < -0.39 is 12.3 Å². The molecule has 0 fully saturated rings. The van der Waals surface area contributed by atoms with Crippen LogP contribution in [0.3, 0.4) is 0 Å². The number of hydrogen-bond donors (Lipinski definition) is 0. The molecule has 92 valence electrons. The number of hydrogen-bond acceptors (Lipinski definition) is 5. The van der Waals surface area contributed by atoms with E-state index in [2.05, 4.69) is 25.2 Å². The molecule has 0 saturated carbocycles. The van der Waals surface area contributed by atoms with Crippen LogP contribution in [-0.4, -0.2) is 15.2 Å². The van der Waals surface area contributed by atoms with E-state index in [1.54, 1.807) is 6.07 Å². The average molecular weight is 252 g/mol. The summed E-state index contributed by atoms with van der Waals surface area (Å²) in [5.74, 6) is -0.861. The van der Waals surface area contributed by atoms with Crippen molar-refractivity contribution in [3.63, 3.8) is 0 Å². The molecule has 2 aromatic heterocycles. The number of pyridine rings is 1. The summed E-state index contributed by atoms with van der Waals surface area (Å²) in [4.78, 5) is 6.53. The maximum atomic E-state index is 12.3. The van der Waals surface area contributed by atoms with Crippen LogP contribution in [0.1, 0.15) is 17.9 Å². The second kappa shape index (κ2) is 5.19. The molecule has 0 aromatic carbocycles. The number of rotatable bonds is 4. The fourth-order valence-electron chi connectivity index (χ4n) is 1.23. The van der Waals surface area contributed by atoms with Crippen molar-refractivity contribution in [2.45, 2.75) is 13.0 Å². The van der Waals surface area contributed by atoms with Gasteiger partial charge in [0.25, 0.3) is 11.8 Å². The third-order valence-electron chi connectivity index (χ3n) is 1.99. The Morgan fingerprint density at radius 1 is 1.44 bits per heavy atom. The molecule has 0 aliphatic rings. The van der Waals surface area contributed by atoms with Crippen molar-refractivity contribution >= 4 is 0 Å². The zero-order valence-electron chi connectivity index (χ0n) is 8.86. The van der Waals surface area contributed by atoms with Crippen LogP contribution >= 0.6 is 0 Å². The number of aromatic nitrogens is 3. The molecule has 0 amide bonds. The minimum atomic E-state index is -2.82. The first-order chi connectivity index (χ1) is 8.70. The lowest BCUT2D eigenvalue weighted by atomic mass is 10.2. The number of alkyl halides is 2. The van der Waals surface area contributed by atoms with E-state index in [1.807, 2.05) is 0 Å². The van der Waals surface area contributed by atoms with Gasteiger partial charge in [0, 0.05) is 11.1 Å². The van der Waals surface area contributed by atoms with Crippen LogP contribution in [0.4, 0.5) is 8.78 Å². The summed E-state index contributed by atoms with van der Waals surface area (Å²) in [5, 5.41) is 10.0. The van der Waals surface area contributed by atoms with Gasteiger partial charge in [-0.15, -0.1) is 10.2 Å². The van der Waals surface area contributed by atoms with Gasteiger partial charge >= 0.3 is 6.43 Å². The molecule has 0 aliphatic carbocycles. The Labute approximate surface area is 99.1 Å². The van der Waals surface area contributed by atoms with Crippen molar-refractivity contribution < 1.29 is 13.2 Å². The van der Waals surface area contributed by atoms with Gasteiger partial charge in [0.1, 0.15) is 5.69 Å². The van der Waals surface area contributed by atoms with Crippen LogP contribution < -0.4 is 0 Å². The third-order valence-corrected chi connectivity index (χ3v) is 1.99. The standard InChI is InChI=1S/C9H6F2N6O/c10-7(11)9-16-15-8(18-9)6-3-5(1-2-13-6)4-14-17-12/h1-3,7H,4H2. The Morgan fingerprint density at radius 2 is 2.28 bits per heavy atom. The Kier molecular flexibility index (Phi) is 3.44. The first-order valence-electron chi connectivity index (χ1n) is 4.78. The van der Waals surface area contributed by atoms with Crippen LogP contribution in [0.5, 0.6) is 0 Å². The van der Waals surface area contributed by atoms with E-state index in [0.29, 0.717) is 5.56 Å². The highest BCUT2D eigenvalue weighted by atomic mass is 19.3. The number of nitrogens with zero attached hydrogens (tertiary/aromatic N) is 6. The maximum Gasteiger partial charge on any atom is 0.314 e. The van der Waals surface area contributed by atoms with Gasteiger partial charge in [0.15, 0.2) is 0 Å². The van der Waals surface area contributed by atoms with Crippen LogP contribution in [-0.2, 0) is 6.54 Å². The predicted molar refractivity (Wildman–Crippen MR) is 55.3 cm³/mol. The third kappa shape index (κ3) is 2.58. The molecule has 9 heteroatoms. The highest BCUT2D eigenvalue weighted by molar-refractivity contribution is 5.47. The molecule has 0 atom stereocenters. The van der Waals surface area contributed by atoms with Gasteiger partial charge in [-0.2, -0.15) is 8.78 Å². The molecule has 0 aliphatic heterocycles. The van der Waals surface area contributed by atoms with Gasteiger partial charge in [0.05, 0.1) is 6.54 Å². The van der Waals surface area contributed by atoms with Crippen LogP contribution in [0, 0.1) is 0 Å². The molecule has 0 bridgehead atoms. The van der Waals surface area contributed by atoms with E-state index in [1.165, 1.54) is 12.3 Å². The van der Waals surface area contributed by atoms with Gasteiger partial charge in [-0.25, -0.2) is 0 Å². The molecule has 0 spiro atoms.